The van der Waals surface area contributed by atoms with Crippen LogP contribution >= 0.6 is 22.7 Å². The van der Waals surface area contributed by atoms with E-state index in [4.69, 9.17) is 0 Å². The Bertz CT molecular complexity index is 548. The van der Waals surface area contributed by atoms with Gasteiger partial charge in [-0.2, -0.15) is 0 Å². The number of rotatable bonds is 6. The zero-order chi connectivity index (χ0) is 14.5. The van der Waals surface area contributed by atoms with Gasteiger partial charge in [-0.15, -0.1) is 22.7 Å². The molecule has 0 aliphatic rings. The summed E-state index contributed by atoms with van der Waals surface area (Å²) in [5, 5.41) is 7.56. The largest absolute Gasteiger partial charge is 0.345 e. The number of nitrogens with one attached hydrogen (secondary N) is 1. The molecule has 2 aromatic rings. The van der Waals surface area contributed by atoms with Crippen LogP contribution in [0.15, 0.2) is 29.0 Å². The minimum absolute atomic E-state index is 0.141. The van der Waals surface area contributed by atoms with Gasteiger partial charge in [0.15, 0.2) is 0 Å². The number of thiophene rings is 2. The normalized spacial score (nSPS) is 12.3. The number of nitrogens with zero attached hydrogens (tertiary/aromatic N) is 1. The lowest BCUT2D eigenvalue weighted by molar-refractivity contribution is -0.131. The Balaban J connectivity index is 1.90. The number of amides is 1. The number of hydrogen-bond donors (Lipinski definition) is 1. The smallest absolute Gasteiger partial charge is 0.239 e. The van der Waals surface area contributed by atoms with Crippen LogP contribution in [0.1, 0.15) is 18.7 Å². The maximum atomic E-state index is 12.0. The summed E-state index contributed by atoms with van der Waals surface area (Å²) >= 11 is 3.49. The van der Waals surface area contributed by atoms with Crippen molar-refractivity contribution in [1.82, 2.24) is 10.2 Å². The molecule has 2 heterocycles. The minimum atomic E-state index is -0.146. The first-order valence-electron chi connectivity index (χ1n) is 6.71. The lowest BCUT2D eigenvalue weighted by atomic mass is 10.2. The predicted octanol–water partition coefficient (Wildman–Crippen LogP) is 3.43. The van der Waals surface area contributed by atoms with Crippen LogP contribution in [-0.2, 0) is 11.3 Å². The van der Waals surface area contributed by atoms with Crippen molar-refractivity contribution in [3.8, 4) is 10.4 Å². The number of carbonyl (C=O) groups excluding carboxylic acids is 1. The van der Waals surface area contributed by atoms with E-state index in [-0.39, 0.29) is 11.9 Å². The predicted molar refractivity (Wildman–Crippen MR) is 87.2 cm³/mol. The second-order valence-electron chi connectivity index (χ2n) is 4.73. The second-order valence-corrected chi connectivity index (χ2v) is 6.68. The van der Waals surface area contributed by atoms with Gasteiger partial charge in [0.1, 0.15) is 0 Å². The monoisotopic (exact) mass is 308 g/mol. The third-order valence-electron chi connectivity index (χ3n) is 3.26. The quantitative estimate of drug-likeness (QED) is 0.886. The molecule has 2 rings (SSSR count). The summed E-state index contributed by atoms with van der Waals surface area (Å²) in [5.41, 5.74) is 1.27. The molecule has 2 aromatic heterocycles. The van der Waals surface area contributed by atoms with Gasteiger partial charge in [0.2, 0.25) is 5.91 Å². The molecule has 1 N–H and O–H groups in total. The van der Waals surface area contributed by atoms with Crippen molar-refractivity contribution in [2.75, 3.05) is 13.6 Å². The van der Waals surface area contributed by atoms with Crippen LogP contribution < -0.4 is 5.32 Å². The minimum Gasteiger partial charge on any atom is -0.345 e. The van der Waals surface area contributed by atoms with Gasteiger partial charge in [-0.3, -0.25) is 4.79 Å². The Morgan fingerprint density at radius 2 is 2.25 bits per heavy atom. The van der Waals surface area contributed by atoms with Gasteiger partial charge in [0, 0.05) is 35.5 Å². The molecule has 108 valence electrons. The number of likely N-dealkylation sites (N-methyl/N-ethyl adjacent to an activating group) is 1. The van der Waals surface area contributed by atoms with Crippen molar-refractivity contribution >= 4 is 28.6 Å². The lowest BCUT2D eigenvalue weighted by Crippen LogP contribution is -2.42. The number of hydrogen-bond acceptors (Lipinski definition) is 4. The molecule has 0 radical (unpaired) electrons. The van der Waals surface area contributed by atoms with Crippen molar-refractivity contribution in [1.29, 1.82) is 0 Å². The zero-order valence-electron chi connectivity index (χ0n) is 12.1. The molecule has 0 bridgehead atoms. The van der Waals surface area contributed by atoms with Crippen LogP contribution in [0.2, 0.25) is 0 Å². The van der Waals surface area contributed by atoms with Gasteiger partial charge in [0.05, 0.1) is 6.04 Å². The Morgan fingerprint density at radius 3 is 2.90 bits per heavy atom. The standard InChI is InChI=1S/C15H20N2OS2/c1-4-17(3)15(18)11(2)16-9-13-8-12(10-20-13)14-6-5-7-19-14/h5-8,10-11,16H,4,9H2,1-3H3. The summed E-state index contributed by atoms with van der Waals surface area (Å²) in [6.45, 7) is 5.38. The van der Waals surface area contributed by atoms with Gasteiger partial charge in [-0.05, 0) is 36.7 Å². The van der Waals surface area contributed by atoms with Gasteiger partial charge < -0.3 is 10.2 Å². The Morgan fingerprint density at radius 1 is 1.45 bits per heavy atom. The van der Waals surface area contributed by atoms with Gasteiger partial charge in [0.25, 0.3) is 0 Å². The van der Waals surface area contributed by atoms with Crippen molar-refractivity contribution in [2.45, 2.75) is 26.4 Å². The van der Waals surface area contributed by atoms with Crippen LogP contribution in [0.25, 0.3) is 10.4 Å². The van der Waals surface area contributed by atoms with E-state index in [1.165, 1.54) is 15.3 Å². The maximum Gasteiger partial charge on any atom is 0.239 e. The fourth-order valence-corrected chi connectivity index (χ4v) is 3.50. The van der Waals surface area contributed by atoms with E-state index < -0.39 is 0 Å². The van der Waals surface area contributed by atoms with Crippen LogP contribution in [0, 0.1) is 0 Å². The summed E-state index contributed by atoms with van der Waals surface area (Å²) < 4.78 is 0. The van der Waals surface area contributed by atoms with Crippen LogP contribution in [0.4, 0.5) is 0 Å². The van der Waals surface area contributed by atoms with Gasteiger partial charge >= 0.3 is 0 Å². The zero-order valence-corrected chi connectivity index (χ0v) is 13.7. The molecular formula is C15H20N2OS2. The summed E-state index contributed by atoms with van der Waals surface area (Å²) in [6, 6.07) is 6.25. The summed E-state index contributed by atoms with van der Waals surface area (Å²) in [6.07, 6.45) is 0. The fourth-order valence-electron chi connectivity index (χ4n) is 1.87. The lowest BCUT2D eigenvalue weighted by Gasteiger charge is -2.20. The van der Waals surface area contributed by atoms with Crippen molar-refractivity contribution < 1.29 is 4.79 Å². The molecule has 0 spiro atoms. The average Bonchev–Trinajstić information content (AvgIpc) is 3.13. The topological polar surface area (TPSA) is 32.3 Å². The molecule has 1 unspecified atom stereocenters. The van der Waals surface area contributed by atoms with E-state index in [0.29, 0.717) is 0 Å². The molecule has 0 saturated carbocycles. The highest BCUT2D eigenvalue weighted by Gasteiger charge is 2.15. The third-order valence-corrected chi connectivity index (χ3v) is 5.12. The van der Waals surface area contributed by atoms with E-state index in [9.17, 15) is 4.79 Å². The molecule has 3 nitrogen and oxygen atoms in total. The van der Waals surface area contributed by atoms with Crippen LogP contribution in [0.5, 0.6) is 0 Å². The summed E-state index contributed by atoms with van der Waals surface area (Å²) in [5.74, 6) is 0.141. The van der Waals surface area contributed by atoms with E-state index in [0.717, 1.165) is 13.1 Å². The Hall–Kier alpha value is -1.17. The molecule has 20 heavy (non-hydrogen) atoms. The van der Waals surface area contributed by atoms with Crippen LogP contribution in [-0.4, -0.2) is 30.4 Å². The van der Waals surface area contributed by atoms with Crippen LogP contribution in [0.3, 0.4) is 0 Å². The first-order valence-corrected chi connectivity index (χ1v) is 8.47. The number of carbonyl (C=O) groups is 1. The molecule has 0 aliphatic carbocycles. The molecule has 0 aromatic carbocycles. The van der Waals surface area contributed by atoms with E-state index in [1.54, 1.807) is 27.6 Å². The van der Waals surface area contributed by atoms with Gasteiger partial charge in [-0.25, -0.2) is 0 Å². The first kappa shape index (κ1) is 15.2. The average molecular weight is 308 g/mol. The third kappa shape index (κ3) is 3.69. The Labute approximate surface area is 128 Å². The van der Waals surface area contributed by atoms with E-state index in [2.05, 4.69) is 34.3 Å². The van der Waals surface area contributed by atoms with E-state index >= 15 is 0 Å². The fraction of sp³-hybridized carbons (Fsp3) is 0.400. The summed E-state index contributed by atoms with van der Waals surface area (Å²) in [7, 11) is 1.83. The van der Waals surface area contributed by atoms with Crippen molar-refractivity contribution in [3.63, 3.8) is 0 Å². The molecular weight excluding hydrogens is 288 g/mol. The van der Waals surface area contributed by atoms with Crippen molar-refractivity contribution in [3.05, 3.63) is 33.8 Å². The molecule has 0 saturated heterocycles. The Kier molecular flexibility index (Phi) is 5.34. The molecule has 5 heteroatoms. The van der Waals surface area contributed by atoms with Gasteiger partial charge in [-0.1, -0.05) is 6.07 Å². The molecule has 0 fully saturated rings. The van der Waals surface area contributed by atoms with Crippen molar-refractivity contribution in [2.24, 2.45) is 0 Å². The maximum absolute atomic E-state index is 12.0. The highest BCUT2D eigenvalue weighted by atomic mass is 32.1. The van der Waals surface area contributed by atoms with E-state index in [1.807, 2.05) is 20.9 Å². The molecule has 0 aliphatic heterocycles. The summed E-state index contributed by atoms with van der Waals surface area (Å²) in [4.78, 5) is 16.2. The highest BCUT2D eigenvalue weighted by molar-refractivity contribution is 7.14. The SMILES string of the molecule is CCN(C)C(=O)C(C)NCc1cc(-c2cccs2)cs1. The highest BCUT2D eigenvalue weighted by Crippen LogP contribution is 2.29. The first-order chi connectivity index (χ1) is 9.61. The molecule has 1 amide bonds. The molecule has 1 atom stereocenters. The second kappa shape index (κ2) is 7.02.